The molecule has 0 saturated carbocycles. The van der Waals surface area contributed by atoms with Gasteiger partial charge >= 0.3 is 5.97 Å². The molecule has 2 heterocycles. The van der Waals surface area contributed by atoms with Crippen molar-refractivity contribution >= 4 is 28.8 Å². The van der Waals surface area contributed by atoms with Gasteiger partial charge in [-0.25, -0.2) is 9.97 Å². The molecular weight excluding hydrogens is 252 g/mol. The molecule has 2 aromatic heterocycles. The van der Waals surface area contributed by atoms with E-state index < -0.39 is 11.2 Å². The monoisotopic (exact) mass is 266 g/mol. The first-order valence-corrected chi connectivity index (χ1v) is 6.41. The molecule has 1 unspecified atom stereocenters. The standard InChI is InChI=1S/C11H14N4O2S/c1-6(2)8(11(16)17)18-10-7-4-14-15(3)9(7)12-5-13-10/h4-6,8H,1-3H3,(H,16,17). The Kier molecular flexibility index (Phi) is 3.51. The van der Waals surface area contributed by atoms with E-state index in [1.807, 2.05) is 13.8 Å². The molecule has 0 spiro atoms. The predicted octanol–water partition coefficient (Wildman–Crippen LogP) is 1.56. The number of nitrogens with zero attached hydrogens (tertiary/aromatic N) is 4. The van der Waals surface area contributed by atoms with Crippen molar-refractivity contribution in [1.29, 1.82) is 0 Å². The van der Waals surface area contributed by atoms with E-state index in [0.717, 1.165) is 5.39 Å². The van der Waals surface area contributed by atoms with Crippen LogP contribution in [0.15, 0.2) is 17.6 Å². The molecule has 0 aliphatic carbocycles. The molecule has 7 heteroatoms. The zero-order valence-corrected chi connectivity index (χ0v) is 11.2. The van der Waals surface area contributed by atoms with Crippen LogP contribution in [-0.4, -0.2) is 36.1 Å². The molecule has 18 heavy (non-hydrogen) atoms. The number of carbonyl (C=O) groups is 1. The number of aliphatic carboxylic acids is 1. The first kappa shape index (κ1) is 12.8. The van der Waals surface area contributed by atoms with Crippen molar-refractivity contribution in [1.82, 2.24) is 19.7 Å². The van der Waals surface area contributed by atoms with Crippen LogP contribution in [0.2, 0.25) is 0 Å². The van der Waals surface area contributed by atoms with Crippen LogP contribution in [0, 0.1) is 5.92 Å². The first-order chi connectivity index (χ1) is 8.50. The molecule has 0 aliphatic heterocycles. The third-order valence-electron chi connectivity index (χ3n) is 2.58. The van der Waals surface area contributed by atoms with E-state index in [4.69, 9.17) is 0 Å². The van der Waals surface area contributed by atoms with Crippen LogP contribution >= 0.6 is 11.8 Å². The predicted molar refractivity (Wildman–Crippen MR) is 68.4 cm³/mol. The third-order valence-corrected chi connectivity index (χ3v) is 4.13. The summed E-state index contributed by atoms with van der Waals surface area (Å²) in [6.07, 6.45) is 3.10. The van der Waals surface area contributed by atoms with Gasteiger partial charge in [0.25, 0.3) is 0 Å². The largest absolute Gasteiger partial charge is 0.480 e. The van der Waals surface area contributed by atoms with Crippen molar-refractivity contribution in [3.05, 3.63) is 12.5 Å². The minimum Gasteiger partial charge on any atom is -0.480 e. The lowest BCUT2D eigenvalue weighted by Gasteiger charge is -2.14. The van der Waals surface area contributed by atoms with E-state index in [1.54, 1.807) is 17.9 Å². The van der Waals surface area contributed by atoms with Crippen molar-refractivity contribution in [3.63, 3.8) is 0 Å². The molecule has 0 fully saturated rings. The Morgan fingerprint density at radius 1 is 1.44 bits per heavy atom. The number of rotatable bonds is 4. The Balaban J connectivity index is 2.39. The zero-order valence-electron chi connectivity index (χ0n) is 10.4. The van der Waals surface area contributed by atoms with Gasteiger partial charge < -0.3 is 5.11 Å². The molecule has 0 amide bonds. The molecule has 0 bridgehead atoms. The van der Waals surface area contributed by atoms with E-state index in [-0.39, 0.29) is 5.92 Å². The fourth-order valence-corrected chi connectivity index (χ4v) is 2.62. The summed E-state index contributed by atoms with van der Waals surface area (Å²) in [7, 11) is 1.79. The fraction of sp³-hybridized carbons (Fsp3) is 0.455. The average molecular weight is 266 g/mol. The molecule has 1 N–H and O–H groups in total. The highest BCUT2D eigenvalue weighted by Gasteiger charge is 2.24. The molecule has 0 aliphatic rings. The molecule has 2 rings (SSSR count). The first-order valence-electron chi connectivity index (χ1n) is 5.53. The SMILES string of the molecule is CC(C)C(Sc1ncnc2c1cnn2C)C(=O)O. The Hall–Kier alpha value is -1.63. The topological polar surface area (TPSA) is 80.9 Å². The molecule has 96 valence electrons. The molecule has 6 nitrogen and oxygen atoms in total. The normalized spacial score (nSPS) is 13.1. The third kappa shape index (κ3) is 2.31. The Morgan fingerprint density at radius 3 is 2.78 bits per heavy atom. The Bertz CT molecular complexity index is 581. The maximum Gasteiger partial charge on any atom is 0.317 e. The number of aryl methyl sites for hydroxylation is 1. The number of fused-ring (bicyclic) bond motifs is 1. The fourth-order valence-electron chi connectivity index (χ4n) is 1.63. The second-order valence-electron chi connectivity index (χ2n) is 4.30. The van der Waals surface area contributed by atoms with Crippen LogP contribution < -0.4 is 0 Å². The quantitative estimate of drug-likeness (QED) is 0.668. The van der Waals surface area contributed by atoms with Gasteiger partial charge in [-0.2, -0.15) is 5.10 Å². The Labute approximate surface area is 108 Å². The summed E-state index contributed by atoms with van der Waals surface area (Å²) in [4.78, 5) is 19.5. The smallest absolute Gasteiger partial charge is 0.317 e. The van der Waals surface area contributed by atoms with Gasteiger partial charge in [-0.15, -0.1) is 0 Å². The second kappa shape index (κ2) is 4.93. The Morgan fingerprint density at radius 2 is 2.17 bits per heavy atom. The van der Waals surface area contributed by atoms with Gasteiger partial charge in [-0.3, -0.25) is 9.48 Å². The van der Waals surface area contributed by atoms with Gasteiger partial charge in [0.1, 0.15) is 16.6 Å². The minimum absolute atomic E-state index is 0.0224. The summed E-state index contributed by atoms with van der Waals surface area (Å²) in [5, 5.41) is 14.2. The lowest BCUT2D eigenvalue weighted by Crippen LogP contribution is -2.22. The van der Waals surface area contributed by atoms with E-state index in [9.17, 15) is 9.90 Å². The van der Waals surface area contributed by atoms with Crippen molar-refractivity contribution in [2.75, 3.05) is 0 Å². The number of hydrogen-bond acceptors (Lipinski definition) is 5. The van der Waals surface area contributed by atoms with Crippen LogP contribution in [0.5, 0.6) is 0 Å². The van der Waals surface area contributed by atoms with E-state index in [1.165, 1.54) is 18.1 Å². The highest BCUT2D eigenvalue weighted by atomic mass is 32.2. The lowest BCUT2D eigenvalue weighted by molar-refractivity contribution is -0.137. The van der Waals surface area contributed by atoms with Crippen molar-refractivity contribution in [2.45, 2.75) is 24.1 Å². The highest BCUT2D eigenvalue weighted by Crippen LogP contribution is 2.31. The number of hydrogen-bond donors (Lipinski definition) is 1. The van der Waals surface area contributed by atoms with Crippen molar-refractivity contribution < 1.29 is 9.90 Å². The lowest BCUT2D eigenvalue weighted by atomic mass is 10.1. The van der Waals surface area contributed by atoms with Crippen LogP contribution in [0.3, 0.4) is 0 Å². The summed E-state index contributed by atoms with van der Waals surface area (Å²) >= 11 is 1.24. The molecule has 0 aromatic carbocycles. The molecule has 0 radical (unpaired) electrons. The summed E-state index contributed by atoms with van der Waals surface area (Å²) < 4.78 is 1.65. The number of carboxylic acids is 1. The van der Waals surface area contributed by atoms with Gasteiger partial charge in [0.2, 0.25) is 0 Å². The van der Waals surface area contributed by atoms with Crippen LogP contribution in [0.1, 0.15) is 13.8 Å². The number of carboxylic acid groups (broad SMARTS) is 1. The van der Waals surface area contributed by atoms with Gasteiger partial charge in [-0.05, 0) is 5.92 Å². The van der Waals surface area contributed by atoms with E-state index in [0.29, 0.717) is 10.7 Å². The van der Waals surface area contributed by atoms with E-state index in [2.05, 4.69) is 15.1 Å². The maximum atomic E-state index is 11.2. The summed E-state index contributed by atoms with van der Waals surface area (Å²) in [6.45, 7) is 3.76. The highest BCUT2D eigenvalue weighted by molar-refractivity contribution is 8.00. The van der Waals surface area contributed by atoms with Gasteiger partial charge in [0.05, 0.1) is 11.6 Å². The molecular formula is C11H14N4O2S. The van der Waals surface area contributed by atoms with Gasteiger partial charge in [0, 0.05) is 7.05 Å². The van der Waals surface area contributed by atoms with Gasteiger partial charge in [-0.1, -0.05) is 25.6 Å². The number of thioether (sulfide) groups is 1. The van der Waals surface area contributed by atoms with Crippen LogP contribution in [0.25, 0.3) is 11.0 Å². The van der Waals surface area contributed by atoms with Gasteiger partial charge in [0.15, 0.2) is 5.65 Å². The van der Waals surface area contributed by atoms with Crippen molar-refractivity contribution in [3.8, 4) is 0 Å². The van der Waals surface area contributed by atoms with Crippen molar-refractivity contribution in [2.24, 2.45) is 13.0 Å². The second-order valence-corrected chi connectivity index (χ2v) is 5.44. The van der Waals surface area contributed by atoms with Crippen LogP contribution in [-0.2, 0) is 11.8 Å². The zero-order chi connectivity index (χ0) is 13.3. The molecule has 0 saturated heterocycles. The van der Waals surface area contributed by atoms with Crippen LogP contribution in [0.4, 0.5) is 0 Å². The molecule has 1 atom stereocenters. The average Bonchev–Trinajstić information content (AvgIpc) is 2.68. The summed E-state index contributed by atoms with van der Waals surface area (Å²) in [6, 6.07) is 0. The minimum atomic E-state index is -0.828. The maximum absolute atomic E-state index is 11.2. The summed E-state index contributed by atoms with van der Waals surface area (Å²) in [5.41, 5.74) is 0.709. The van der Waals surface area contributed by atoms with E-state index >= 15 is 0 Å². The summed E-state index contributed by atoms with van der Waals surface area (Å²) in [5.74, 6) is -0.806. The molecule has 2 aromatic rings. The number of aromatic nitrogens is 4.